The standard InChI is InChI=1S/C22H24FN5/c23-20-9-5-4-8-19(20)16-25-21-10-11-24-22(26-21)28-14-12-27(13-15-28)17-18-6-2-1-3-7-18/h1-11H,12-17H2,(H,24,25,26). The number of anilines is 2. The zero-order chi connectivity index (χ0) is 19.2. The number of rotatable bonds is 6. The van der Waals surface area contributed by atoms with Crippen LogP contribution in [0.4, 0.5) is 16.2 Å². The van der Waals surface area contributed by atoms with Crippen molar-refractivity contribution in [1.29, 1.82) is 0 Å². The van der Waals surface area contributed by atoms with E-state index in [4.69, 9.17) is 0 Å². The van der Waals surface area contributed by atoms with E-state index in [9.17, 15) is 4.39 Å². The molecule has 1 saturated heterocycles. The van der Waals surface area contributed by atoms with Crippen molar-refractivity contribution in [3.63, 3.8) is 0 Å². The normalized spacial score (nSPS) is 14.8. The third kappa shape index (κ3) is 4.64. The van der Waals surface area contributed by atoms with Gasteiger partial charge in [0.1, 0.15) is 11.6 Å². The lowest BCUT2D eigenvalue weighted by molar-refractivity contribution is 0.248. The molecule has 5 nitrogen and oxygen atoms in total. The molecule has 6 heteroatoms. The monoisotopic (exact) mass is 377 g/mol. The molecule has 2 heterocycles. The summed E-state index contributed by atoms with van der Waals surface area (Å²) in [5.74, 6) is 1.22. The maximum Gasteiger partial charge on any atom is 0.227 e. The van der Waals surface area contributed by atoms with Crippen molar-refractivity contribution in [3.8, 4) is 0 Å². The second-order valence-electron chi connectivity index (χ2n) is 6.94. The zero-order valence-corrected chi connectivity index (χ0v) is 15.8. The molecule has 0 unspecified atom stereocenters. The fraction of sp³-hybridized carbons (Fsp3) is 0.273. The summed E-state index contributed by atoms with van der Waals surface area (Å²) < 4.78 is 13.8. The van der Waals surface area contributed by atoms with Crippen molar-refractivity contribution in [2.24, 2.45) is 0 Å². The van der Waals surface area contributed by atoms with Gasteiger partial charge in [-0.25, -0.2) is 9.37 Å². The maximum absolute atomic E-state index is 13.8. The van der Waals surface area contributed by atoms with E-state index < -0.39 is 0 Å². The number of benzene rings is 2. The van der Waals surface area contributed by atoms with Crippen LogP contribution >= 0.6 is 0 Å². The topological polar surface area (TPSA) is 44.3 Å². The molecule has 2 aromatic carbocycles. The highest BCUT2D eigenvalue weighted by Crippen LogP contribution is 2.16. The smallest absolute Gasteiger partial charge is 0.227 e. The molecule has 1 fully saturated rings. The third-order valence-electron chi connectivity index (χ3n) is 4.96. The molecule has 4 rings (SSSR count). The predicted octanol–water partition coefficient (Wildman–Crippen LogP) is 3.55. The molecule has 1 N–H and O–H groups in total. The highest BCUT2D eigenvalue weighted by atomic mass is 19.1. The van der Waals surface area contributed by atoms with Gasteiger partial charge >= 0.3 is 0 Å². The Morgan fingerprint density at radius 2 is 1.64 bits per heavy atom. The summed E-state index contributed by atoms with van der Waals surface area (Å²) in [4.78, 5) is 13.7. The number of nitrogens with zero attached hydrogens (tertiary/aromatic N) is 4. The highest BCUT2D eigenvalue weighted by Gasteiger charge is 2.19. The van der Waals surface area contributed by atoms with Crippen molar-refractivity contribution >= 4 is 11.8 Å². The maximum atomic E-state index is 13.8. The molecule has 0 radical (unpaired) electrons. The second-order valence-corrected chi connectivity index (χ2v) is 6.94. The van der Waals surface area contributed by atoms with Crippen LogP contribution < -0.4 is 10.2 Å². The number of piperazine rings is 1. The minimum Gasteiger partial charge on any atom is -0.366 e. The van der Waals surface area contributed by atoms with E-state index in [-0.39, 0.29) is 5.82 Å². The fourth-order valence-corrected chi connectivity index (χ4v) is 3.37. The molecule has 144 valence electrons. The zero-order valence-electron chi connectivity index (χ0n) is 15.8. The van der Waals surface area contributed by atoms with Crippen LogP contribution in [0.5, 0.6) is 0 Å². The Balaban J connectivity index is 1.33. The predicted molar refractivity (Wildman–Crippen MR) is 110 cm³/mol. The first-order valence-electron chi connectivity index (χ1n) is 9.59. The molecule has 0 aliphatic carbocycles. The van der Waals surface area contributed by atoms with Crippen LogP contribution in [0.3, 0.4) is 0 Å². The lowest BCUT2D eigenvalue weighted by Gasteiger charge is -2.34. The van der Waals surface area contributed by atoms with E-state index in [1.54, 1.807) is 18.3 Å². The molecule has 0 spiro atoms. The summed E-state index contributed by atoms with van der Waals surface area (Å²) >= 11 is 0. The summed E-state index contributed by atoms with van der Waals surface area (Å²) in [6, 6.07) is 19.1. The van der Waals surface area contributed by atoms with Gasteiger partial charge in [0.15, 0.2) is 0 Å². The van der Waals surface area contributed by atoms with Crippen LogP contribution in [-0.2, 0) is 13.1 Å². The molecule has 0 bridgehead atoms. The molecular weight excluding hydrogens is 353 g/mol. The summed E-state index contributed by atoms with van der Waals surface area (Å²) in [7, 11) is 0. The Morgan fingerprint density at radius 1 is 0.893 bits per heavy atom. The third-order valence-corrected chi connectivity index (χ3v) is 4.96. The van der Waals surface area contributed by atoms with Gasteiger partial charge in [-0.05, 0) is 17.7 Å². The number of hydrogen-bond donors (Lipinski definition) is 1. The Bertz CT molecular complexity index is 894. The van der Waals surface area contributed by atoms with Crippen molar-refractivity contribution in [2.75, 3.05) is 36.4 Å². The molecule has 28 heavy (non-hydrogen) atoms. The minimum absolute atomic E-state index is 0.209. The van der Waals surface area contributed by atoms with Crippen molar-refractivity contribution in [3.05, 3.63) is 83.8 Å². The lowest BCUT2D eigenvalue weighted by Crippen LogP contribution is -2.46. The SMILES string of the molecule is Fc1ccccc1CNc1ccnc(N2CCN(Cc3ccccc3)CC2)n1. The summed E-state index contributed by atoms with van der Waals surface area (Å²) in [6.07, 6.45) is 1.75. The Labute approximate surface area is 164 Å². The molecule has 0 atom stereocenters. The summed E-state index contributed by atoms with van der Waals surface area (Å²) in [5.41, 5.74) is 1.96. The molecule has 0 amide bonds. The van der Waals surface area contributed by atoms with Gasteiger partial charge in [-0.2, -0.15) is 4.98 Å². The van der Waals surface area contributed by atoms with E-state index >= 15 is 0 Å². The molecule has 1 aromatic heterocycles. The van der Waals surface area contributed by atoms with Gasteiger partial charge < -0.3 is 10.2 Å². The minimum atomic E-state index is -0.209. The van der Waals surface area contributed by atoms with E-state index in [1.165, 1.54) is 11.6 Å². The lowest BCUT2D eigenvalue weighted by atomic mass is 10.2. The van der Waals surface area contributed by atoms with Crippen molar-refractivity contribution in [2.45, 2.75) is 13.1 Å². The number of hydrogen-bond acceptors (Lipinski definition) is 5. The van der Waals surface area contributed by atoms with E-state index in [1.807, 2.05) is 18.2 Å². The van der Waals surface area contributed by atoms with E-state index in [0.717, 1.165) is 38.7 Å². The average molecular weight is 377 g/mol. The first-order chi connectivity index (χ1) is 13.8. The van der Waals surface area contributed by atoms with Crippen LogP contribution in [0, 0.1) is 5.82 Å². The molecule has 1 aliphatic heterocycles. The number of aromatic nitrogens is 2. The van der Waals surface area contributed by atoms with Crippen LogP contribution in [0.2, 0.25) is 0 Å². The van der Waals surface area contributed by atoms with E-state index in [2.05, 4.69) is 49.4 Å². The van der Waals surface area contributed by atoms with Gasteiger partial charge in [0.2, 0.25) is 5.95 Å². The van der Waals surface area contributed by atoms with Crippen LogP contribution in [0.15, 0.2) is 66.9 Å². The van der Waals surface area contributed by atoms with Crippen LogP contribution in [0.1, 0.15) is 11.1 Å². The highest BCUT2D eigenvalue weighted by molar-refractivity contribution is 5.42. The molecule has 1 aliphatic rings. The van der Waals surface area contributed by atoms with Gasteiger partial charge in [-0.1, -0.05) is 48.5 Å². The van der Waals surface area contributed by atoms with E-state index in [0.29, 0.717) is 17.9 Å². The first kappa shape index (κ1) is 18.4. The molecule has 0 saturated carbocycles. The molecule has 3 aromatic rings. The molecular formula is C22H24FN5. The Morgan fingerprint density at radius 3 is 2.43 bits per heavy atom. The van der Waals surface area contributed by atoms with Gasteiger partial charge in [0, 0.05) is 51.0 Å². The van der Waals surface area contributed by atoms with Gasteiger partial charge in [-0.15, -0.1) is 0 Å². The number of nitrogens with one attached hydrogen (secondary N) is 1. The largest absolute Gasteiger partial charge is 0.366 e. The van der Waals surface area contributed by atoms with Crippen LogP contribution in [-0.4, -0.2) is 41.0 Å². The second kappa shape index (κ2) is 8.80. The Hall–Kier alpha value is -2.99. The quantitative estimate of drug-likeness (QED) is 0.712. The van der Waals surface area contributed by atoms with Crippen molar-refractivity contribution in [1.82, 2.24) is 14.9 Å². The van der Waals surface area contributed by atoms with Crippen LogP contribution in [0.25, 0.3) is 0 Å². The summed E-state index contributed by atoms with van der Waals surface area (Å²) in [6.45, 7) is 5.11. The number of halogens is 1. The fourth-order valence-electron chi connectivity index (χ4n) is 3.37. The Kier molecular flexibility index (Phi) is 5.77. The summed E-state index contributed by atoms with van der Waals surface area (Å²) in [5, 5.41) is 3.19. The van der Waals surface area contributed by atoms with Gasteiger partial charge in [0.25, 0.3) is 0 Å². The van der Waals surface area contributed by atoms with Crippen molar-refractivity contribution < 1.29 is 4.39 Å². The van der Waals surface area contributed by atoms with Gasteiger partial charge in [0.05, 0.1) is 0 Å². The van der Waals surface area contributed by atoms with Gasteiger partial charge in [-0.3, -0.25) is 4.90 Å². The average Bonchev–Trinajstić information content (AvgIpc) is 2.75. The first-order valence-corrected chi connectivity index (χ1v) is 9.59.